The van der Waals surface area contributed by atoms with Crippen LogP contribution in [0.5, 0.6) is 11.5 Å². The molecule has 0 bridgehead atoms. The minimum Gasteiger partial charge on any atom is -0.490 e. The molecule has 35 heavy (non-hydrogen) atoms. The third-order valence-corrected chi connectivity index (χ3v) is 5.69. The molecule has 0 spiro atoms. The monoisotopic (exact) mass is 493 g/mol. The molecule has 1 fully saturated rings. The summed E-state index contributed by atoms with van der Waals surface area (Å²) < 4.78 is 19.0. The van der Waals surface area contributed by atoms with Crippen molar-refractivity contribution >= 4 is 29.2 Å². The van der Waals surface area contributed by atoms with Gasteiger partial charge >= 0.3 is 0 Å². The van der Waals surface area contributed by atoms with Crippen LogP contribution in [0.3, 0.4) is 0 Å². The Kier molecular flexibility index (Phi) is 8.24. The van der Waals surface area contributed by atoms with E-state index in [9.17, 15) is 5.26 Å². The van der Waals surface area contributed by atoms with Crippen molar-refractivity contribution in [1.82, 2.24) is 14.8 Å². The number of allylic oxidation sites excluding steroid dienone is 1. The topological polar surface area (TPSA) is 85.4 Å². The van der Waals surface area contributed by atoms with Crippen LogP contribution in [0.4, 0.5) is 5.95 Å². The smallest absolute Gasteiger partial charge is 0.232 e. The lowest BCUT2D eigenvalue weighted by molar-refractivity contribution is 0.122. The van der Waals surface area contributed by atoms with Crippen molar-refractivity contribution in [3.05, 3.63) is 58.9 Å². The highest BCUT2D eigenvalue weighted by atomic mass is 35.5. The molecule has 182 valence electrons. The van der Waals surface area contributed by atoms with E-state index in [4.69, 9.17) is 25.8 Å². The predicted octanol–water partition coefficient (Wildman–Crippen LogP) is 5.01. The molecule has 1 saturated heterocycles. The van der Waals surface area contributed by atoms with Gasteiger partial charge in [-0.3, -0.25) is 4.57 Å². The van der Waals surface area contributed by atoms with Gasteiger partial charge in [0.2, 0.25) is 5.95 Å². The number of halogens is 1. The lowest BCUT2D eigenvalue weighted by Crippen LogP contribution is -2.38. The fourth-order valence-electron chi connectivity index (χ4n) is 3.83. The van der Waals surface area contributed by atoms with Gasteiger partial charge in [-0.1, -0.05) is 36.7 Å². The van der Waals surface area contributed by atoms with Crippen molar-refractivity contribution in [3.8, 4) is 23.3 Å². The average molecular weight is 494 g/mol. The second-order valence-corrected chi connectivity index (χ2v) is 8.28. The molecule has 0 unspecified atom stereocenters. The number of aromatic nitrogens is 3. The molecule has 8 nitrogen and oxygen atoms in total. The molecule has 0 atom stereocenters. The molecule has 4 rings (SSSR count). The van der Waals surface area contributed by atoms with Gasteiger partial charge in [-0.15, -0.1) is 10.2 Å². The number of rotatable bonds is 9. The van der Waals surface area contributed by atoms with Crippen molar-refractivity contribution in [2.45, 2.75) is 20.3 Å². The van der Waals surface area contributed by atoms with Crippen LogP contribution in [-0.4, -0.2) is 54.3 Å². The molecule has 3 aromatic rings. The summed E-state index contributed by atoms with van der Waals surface area (Å²) in [5.41, 5.74) is 1.92. The summed E-state index contributed by atoms with van der Waals surface area (Å²) in [6.07, 6.45) is 2.59. The van der Waals surface area contributed by atoms with E-state index in [1.807, 2.05) is 54.8 Å². The molecule has 1 aliphatic rings. The van der Waals surface area contributed by atoms with E-state index >= 15 is 0 Å². The van der Waals surface area contributed by atoms with Gasteiger partial charge in [0.25, 0.3) is 0 Å². The Morgan fingerprint density at radius 2 is 1.91 bits per heavy atom. The van der Waals surface area contributed by atoms with Gasteiger partial charge in [0.15, 0.2) is 17.3 Å². The first kappa shape index (κ1) is 24.6. The first-order valence-electron chi connectivity index (χ1n) is 11.7. The highest BCUT2D eigenvalue weighted by Gasteiger charge is 2.23. The molecular formula is C26H28ClN5O3. The summed E-state index contributed by atoms with van der Waals surface area (Å²) in [6, 6.07) is 15.7. The van der Waals surface area contributed by atoms with Crippen LogP contribution in [0.2, 0.25) is 5.02 Å². The van der Waals surface area contributed by atoms with E-state index in [0.717, 1.165) is 12.1 Å². The number of hydrogen-bond acceptors (Lipinski definition) is 7. The molecule has 1 aromatic heterocycles. The Morgan fingerprint density at radius 3 is 2.60 bits per heavy atom. The maximum Gasteiger partial charge on any atom is 0.232 e. The van der Waals surface area contributed by atoms with Gasteiger partial charge in [-0.05, 0) is 49.2 Å². The Balaban J connectivity index is 1.80. The fourth-order valence-corrected chi connectivity index (χ4v) is 4.10. The van der Waals surface area contributed by atoms with Gasteiger partial charge < -0.3 is 19.1 Å². The second-order valence-electron chi connectivity index (χ2n) is 7.88. The number of nitriles is 1. The standard InChI is InChI=1S/C26H28ClN5O3/c1-3-12-35-24-22(27)16-19(17-23(24)34-4-2)15-20(18-28)25-29-30-26(31-10-13-33-14-11-31)32(25)21-8-6-5-7-9-21/h5-9,15-17H,3-4,10-14H2,1-2H3/b20-15+. The zero-order chi connectivity index (χ0) is 24.6. The molecule has 0 aliphatic carbocycles. The fraction of sp³-hybridized carbons (Fsp3) is 0.346. The van der Waals surface area contributed by atoms with Crippen molar-refractivity contribution in [1.29, 1.82) is 5.26 Å². The van der Waals surface area contributed by atoms with Crippen LogP contribution >= 0.6 is 11.6 Å². The summed E-state index contributed by atoms with van der Waals surface area (Å²) in [4.78, 5) is 2.12. The number of anilines is 1. The lowest BCUT2D eigenvalue weighted by atomic mass is 10.1. The van der Waals surface area contributed by atoms with E-state index in [-0.39, 0.29) is 0 Å². The zero-order valence-electron chi connectivity index (χ0n) is 19.9. The molecule has 0 N–H and O–H groups in total. The van der Waals surface area contributed by atoms with Crippen molar-refractivity contribution in [2.75, 3.05) is 44.4 Å². The largest absolute Gasteiger partial charge is 0.490 e. The number of hydrogen-bond donors (Lipinski definition) is 0. The minimum atomic E-state index is 0.349. The number of para-hydroxylation sites is 1. The van der Waals surface area contributed by atoms with E-state index in [0.29, 0.717) is 78.9 Å². The molecule has 2 heterocycles. The maximum atomic E-state index is 10.1. The number of benzene rings is 2. The third-order valence-electron chi connectivity index (χ3n) is 5.41. The van der Waals surface area contributed by atoms with Crippen molar-refractivity contribution in [2.24, 2.45) is 0 Å². The average Bonchev–Trinajstić information content (AvgIpc) is 3.33. The van der Waals surface area contributed by atoms with Crippen molar-refractivity contribution < 1.29 is 14.2 Å². The van der Waals surface area contributed by atoms with Gasteiger partial charge in [-0.25, -0.2) is 0 Å². The van der Waals surface area contributed by atoms with E-state index in [2.05, 4.69) is 21.2 Å². The normalized spacial score (nSPS) is 14.0. The molecule has 0 radical (unpaired) electrons. The molecule has 2 aromatic carbocycles. The highest BCUT2D eigenvalue weighted by Crippen LogP contribution is 2.38. The summed E-state index contributed by atoms with van der Waals surface area (Å²) in [7, 11) is 0. The lowest BCUT2D eigenvalue weighted by Gasteiger charge is -2.28. The maximum absolute atomic E-state index is 10.1. The van der Waals surface area contributed by atoms with Crippen LogP contribution in [0.15, 0.2) is 42.5 Å². The predicted molar refractivity (Wildman–Crippen MR) is 136 cm³/mol. The molecule has 0 saturated carbocycles. The number of morpholine rings is 1. The number of nitrogens with zero attached hydrogens (tertiary/aromatic N) is 5. The summed E-state index contributed by atoms with van der Waals surface area (Å²) in [5.74, 6) is 2.16. The van der Waals surface area contributed by atoms with Crippen LogP contribution < -0.4 is 14.4 Å². The first-order valence-corrected chi connectivity index (χ1v) is 12.1. The Labute approximate surface area is 210 Å². The van der Waals surface area contributed by atoms with Crippen LogP contribution in [0.25, 0.3) is 17.3 Å². The second kappa shape index (κ2) is 11.7. The number of ether oxygens (including phenoxy) is 3. The minimum absolute atomic E-state index is 0.349. The first-order chi connectivity index (χ1) is 17.2. The summed E-state index contributed by atoms with van der Waals surface area (Å²) in [5, 5.41) is 19.4. The van der Waals surface area contributed by atoms with Gasteiger partial charge in [0, 0.05) is 13.1 Å². The molecular weight excluding hydrogens is 466 g/mol. The molecule has 9 heteroatoms. The quantitative estimate of drug-likeness (QED) is 0.387. The van der Waals surface area contributed by atoms with Crippen LogP contribution in [0, 0.1) is 11.3 Å². The molecule has 1 aliphatic heterocycles. The van der Waals surface area contributed by atoms with Crippen LogP contribution in [-0.2, 0) is 4.74 Å². The Bertz CT molecular complexity index is 1210. The van der Waals surface area contributed by atoms with Gasteiger partial charge in [-0.2, -0.15) is 5.26 Å². The highest BCUT2D eigenvalue weighted by molar-refractivity contribution is 6.32. The third kappa shape index (κ3) is 5.59. The van der Waals surface area contributed by atoms with E-state index < -0.39 is 0 Å². The SMILES string of the molecule is CCCOc1c(Cl)cc(/C=C(\C#N)c2nnc(N3CCOCC3)n2-c2ccccc2)cc1OCC. The van der Waals surface area contributed by atoms with Crippen LogP contribution in [0.1, 0.15) is 31.7 Å². The van der Waals surface area contributed by atoms with Gasteiger partial charge in [0.05, 0.1) is 42.7 Å². The Morgan fingerprint density at radius 1 is 1.14 bits per heavy atom. The summed E-state index contributed by atoms with van der Waals surface area (Å²) >= 11 is 6.54. The summed E-state index contributed by atoms with van der Waals surface area (Å²) in [6.45, 7) is 7.54. The van der Waals surface area contributed by atoms with Gasteiger partial charge in [0.1, 0.15) is 6.07 Å². The molecule has 0 amide bonds. The van der Waals surface area contributed by atoms with Crippen molar-refractivity contribution in [3.63, 3.8) is 0 Å². The zero-order valence-corrected chi connectivity index (χ0v) is 20.7. The van der Waals surface area contributed by atoms with E-state index in [1.54, 1.807) is 12.1 Å². The Hall–Kier alpha value is -3.54. The van der Waals surface area contributed by atoms with E-state index in [1.165, 1.54) is 0 Å².